The topological polar surface area (TPSA) is 55.4 Å². The van der Waals surface area contributed by atoms with E-state index in [-0.39, 0.29) is 30.0 Å². The van der Waals surface area contributed by atoms with Crippen LogP contribution in [0.5, 0.6) is 0 Å². The van der Waals surface area contributed by atoms with Gasteiger partial charge in [0.2, 0.25) is 0 Å². The van der Waals surface area contributed by atoms with Crippen molar-refractivity contribution in [3.05, 3.63) is 65.0 Å². The third kappa shape index (κ3) is 5.81. The third-order valence-corrected chi connectivity index (χ3v) is 14.5. The quantitative estimate of drug-likeness (QED) is 0.363. The Bertz CT molecular complexity index is 979. The number of nitrogens with one attached hydrogen (secondary N) is 1. The van der Waals surface area contributed by atoms with E-state index in [1.54, 1.807) is 0 Å². The van der Waals surface area contributed by atoms with E-state index in [0.29, 0.717) is 29.4 Å². The monoisotopic (exact) mass is 473 g/mol. The molecule has 6 heteroatoms. The Morgan fingerprint density at radius 1 is 1.06 bits per heavy atom. The van der Waals surface area contributed by atoms with E-state index in [1.165, 1.54) is 12.1 Å². The molecule has 1 fully saturated rings. The molecule has 1 N–H and O–H groups in total. The summed E-state index contributed by atoms with van der Waals surface area (Å²) >= 11 is 0. The molecule has 3 rings (SSSR count). The van der Waals surface area contributed by atoms with Gasteiger partial charge >= 0.3 is 197 Å². The van der Waals surface area contributed by atoms with Crippen molar-refractivity contribution in [1.82, 2.24) is 0 Å². The molecule has 4 nitrogen and oxygen atoms in total. The summed E-state index contributed by atoms with van der Waals surface area (Å²) in [7, 11) is 0. The van der Waals surface area contributed by atoms with Crippen LogP contribution in [0, 0.1) is 19.7 Å². The van der Waals surface area contributed by atoms with E-state index in [2.05, 4.69) is 12.0 Å². The summed E-state index contributed by atoms with van der Waals surface area (Å²) < 4.78 is 19.4. The molecule has 33 heavy (non-hydrogen) atoms. The Kier molecular flexibility index (Phi) is 7.95. The number of carbonyl (C=O) groups is 2. The molecule has 0 aliphatic carbocycles. The van der Waals surface area contributed by atoms with Gasteiger partial charge in [-0.3, -0.25) is 0 Å². The number of halogens is 1. The van der Waals surface area contributed by atoms with Crippen LogP contribution in [0.2, 0.25) is 0 Å². The Morgan fingerprint density at radius 2 is 1.67 bits per heavy atom. The number of amides is 1. The first kappa shape index (κ1) is 25.4. The maximum absolute atomic E-state index is 13.8. The molecule has 1 unspecified atom stereocenters. The molecule has 2 aromatic carbocycles. The zero-order valence-electron chi connectivity index (χ0n) is 20.3. The molecule has 1 amide bonds. The zero-order valence-corrected chi connectivity index (χ0v) is 21.2. The van der Waals surface area contributed by atoms with Gasteiger partial charge in [-0.2, -0.15) is 0 Å². The second-order valence-electron chi connectivity index (χ2n) is 10.1. The molecule has 0 spiro atoms. The van der Waals surface area contributed by atoms with Crippen LogP contribution >= 0.6 is 6.60 Å². The van der Waals surface area contributed by atoms with Gasteiger partial charge in [0, 0.05) is 0 Å². The fraction of sp³-hybridized carbons (Fsp3) is 0.481. The maximum atomic E-state index is 13.8. The molecule has 0 bridgehead atoms. The fourth-order valence-corrected chi connectivity index (χ4v) is 12.2. The molecule has 1 aliphatic heterocycles. The van der Waals surface area contributed by atoms with Gasteiger partial charge in [0.25, 0.3) is 0 Å². The first-order chi connectivity index (χ1) is 15.6. The van der Waals surface area contributed by atoms with Crippen LogP contribution in [0.1, 0.15) is 49.3 Å². The van der Waals surface area contributed by atoms with Crippen LogP contribution in [0.25, 0.3) is 0 Å². The zero-order chi connectivity index (χ0) is 24.1. The minimum atomic E-state index is -2.74. The second kappa shape index (κ2) is 10.3. The SMILES string of the molecule is CCC(C(=O)Nc1c(C)cc(F)cc1C)P1(C)(CC(=O)OCc2ccccc2)CCCCC1. The Hall–Kier alpha value is -2.26. The van der Waals surface area contributed by atoms with E-state index in [4.69, 9.17) is 4.74 Å². The number of hydrogen-bond acceptors (Lipinski definition) is 3. The number of ether oxygens (including phenoxy) is 1. The van der Waals surface area contributed by atoms with Gasteiger partial charge in [-0.15, -0.1) is 0 Å². The standard InChI is InChI=1S/C27H37FNO3P/c1-5-24(27(31)29-26-20(2)16-23(28)17-21(26)3)33(4,14-10-7-11-15-33)19-25(30)32-18-22-12-8-6-9-13-22/h6,8-9,12-13,16-17,24H,5,7,10-11,14-15,18-19H2,1-4H3,(H,29,31). The van der Waals surface area contributed by atoms with Crippen molar-refractivity contribution in [2.75, 3.05) is 30.5 Å². The van der Waals surface area contributed by atoms with Crippen molar-refractivity contribution < 1.29 is 18.7 Å². The number of benzene rings is 2. The molecule has 1 aliphatic rings. The molecular weight excluding hydrogens is 436 g/mol. The average Bonchev–Trinajstić information content (AvgIpc) is 2.76. The van der Waals surface area contributed by atoms with Gasteiger partial charge in [0.15, 0.2) is 0 Å². The van der Waals surface area contributed by atoms with E-state index >= 15 is 0 Å². The first-order valence-electron chi connectivity index (χ1n) is 11.9. The van der Waals surface area contributed by atoms with Crippen molar-refractivity contribution >= 4 is 24.2 Å². The van der Waals surface area contributed by atoms with Gasteiger partial charge in [0.1, 0.15) is 0 Å². The van der Waals surface area contributed by atoms with Crippen LogP contribution in [-0.2, 0) is 20.9 Å². The fourth-order valence-electron chi connectivity index (χ4n) is 5.64. The normalized spacial score (nSPS) is 19.0. The van der Waals surface area contributed by atoms with Gasteiger partial charge in [-0.05, 0) is 0 Å². The number of hydrogen-bond donors (Lipinski definition) is 1. The van der Waals surface area contributed by atoms with E-state index in [0.717, 1.165) is 37.1 Å². The van der Waals surface area contributed by atoms with Crippen LogP contribution in [0.4, 0.5) is 10.1 Å². The molecule has 2 aromatic rings. The summed E-state index contributed by atoms with van der Waals surface area (Å²) in [6.45, 7) is 5.41. The number of rotatable bonds is 8. The summed E-state index contributed by atoms with van der Waals surface area (Å²) in [5.41, 5.74) is 2.82. The molecule has 0 aromatic heterocycles. The predicted molar refractivity (Wildman–Crippen MR) is 136 cm³/mol. The van der Waals surface area contributed by atoms with Crippen molar-refractivity contribution in [3.8, 4) is 0 Å². The Morgan fingerprint density at radius 3 is 2.24 bits per heavy atom. The van der Waals surface area contributed by atoms with E-state index < -0.39 is 6.60 Å². The summed E-state index contributed by atoms with van der Waals surface area (Å²) in [6.07, 6.45) is 6.09. The Balaban J connectivity index is 1.83. The summed E-state index contributed by atoms with van der Waals surface area (Å²) in [5, 5.41) is 3.11. The van der Waals surface area contributed by atoms with Gasteiger partial charge in [-0.1, -0.05) is 0 Å². The summed E-state index contributed by atoms with van der Waals surface area (Å²) in [5.74, 6) is -0.560. The molecule has 1 atom stereocenters. The number of anilines is 1. The predicted octanol–water partition coefficient (Wildman–Crippen LogP) is 6.27. The Labute approximate surface area is 197 Å². The van der Waals surface area contributed by atoms with Gasteiger partial charge < -0.3 is 0 Å². The molecular formula is C27H37FNO3P. The van der Waals surface area contributed by atoms with Crippen LogP contribution in [0.15, 0.2) is 42.5 Å². The molecule has 1 saturated heterocycles. The minimum absolute atomic E-state index is 0.0479. The van der Waals surface area contributed by atoms with E-state index in [9.17, 15) is 14.0 Å². The first-order valence-corrected chi connectivity index (χ1v) is 15.2. The van der Waals surface area contributed by atoms with Crippen LogP contribution in [0.3, 0.4) is 0 Å². The number of carbonyl (C=O) groups excluding carboxylic acids is 2. The van der Waals surface area contributed by atoms with Crippen molar-refractivity contribution in [3.63, 3.8) is 0 Å². The number of aryl methyl sites for hydroxylation is 2. The molecule has 0 radical (unpaired) electrons. The number of esters is 1. The summed E-state index contributed by atoms with van der Waals surface area (Å²) in [4.78, 5) is 26.8. The van der Waals surface area contributed by atoms with Crippen molar-refractivity contribution in [2.45, 2.75) is 58.7 Å². The molecule has 1 heterocycles. The van der Waals surface area contributed by atoms with Crippen LogP contribution in [-0.4, -0.2) is 42.7 Å². The molecule has 180 valence electrons. The van der Waals surface area contributed by atoms with Gasteiger partial charge in [-0.25, -0.2) is 0 Å². The van der Waals surface area contributed by atoms with E-state index in [1.807, 2.05) is 51.1 Å². The van der Waals surface area contributed by atoms with Crippen LogP contribution < -0.4 is 5.32 Å². The van der Waals surface area contributed by atoms with Gasteiger partial charge in [0.05, 0.1) is 0 Å². The molecule has 0 saturated carbocycles. The summed E-state index contributed by atoms with van der Waals surface area (Å²) in [6, 6.07) is 12.6. The van der Waals surface area contributed by atoms with Crippen molar-refractivity contribution in [2.24, 2.45) is 0 Å². The third-order valence-electron chi connectivity index (χ3n) is 7.41. The second-order valence-corrected chi connectivity index (χ2v) is 16.8. The van der Waals surface area contributed by atoms with Crippen molar-refractivity contribution in [1.29, 1.82) is 0 Å². The average molecular weight is 474 g/mol.